The Morgan fingerprint density at radius 2 is 2.00 bits per heavy atom. The number of carbonyl (C=O) groups excluding carboxylic acids is 1. The molecule has 2 fully saturated rings. The van der Waals surface area contributed by atoms with Crippen molar-refractivity contribution in [3.63, 3.8) is 0 Å². The predicted molar refractivity (Wildman–Crippen MR) is 67.7 cm³/mol. The highest BCUT2D eigenvalue weighted by molar-refractivity contribution is 5.76. The van der Waals surface area contributed by atoms with Gasteiger partial charge in [-0.3, -0.25) is 4.79 Å². The Hall–Kier alpha value is -0.570. The van der Waals surface area contributed by atoms with Gasteiger partial charge < -0.3 is 10.1 Å². The number of piperidine rings is 1. The average Bonchev–Trinajstić information content (AvgIpc) is 2.30. The smallest absolute Gasteiger partial charge is 0.312 e. The minimum atomic E-state index is -0.244. The van der Waals surface area contributed by atoms with E-state index in [1.165, 1.54) is 12.8 Å². The molecule has 2 rings (SSSR count). The molecule has 0 radical (unpaired) electrons. The fourth-order valence-corrected chi connectivity index (χ4v) is 2.96. The van der Waals surface area contributed by atoms with Crippen LogP contribution in [-0.4, -0.2) is 25.2 Å². The van der Waals surface area contributed by atoms with Gasteiger partial charge in [-0.15, -0.1) is 0 Å². The van der Waals surface area contributed by atoms with Crippen molar-refractivity contribution in [2.75, 3.05) is 13.1 Å². The van der Waals surface area contributed by atoms with E-state index in [9.17, 15) is 4.79 Å². The first-order chi connectivity index (χ1) is 8.10. The second kappa shape index (κ2) is 5.38. The number of carbonyl (C=O) groups is 1. The van der Waals surface area contributed by atoms with Crippen LogP contribution in [0.2, 0.25) is 0 Å². The van der Waals surface area contributed by atoms with Gasteiger partial charge in [0.15, 0.2) is 0 Å². The van der Waals surface area contributed by atoms with E-state index < -0.39 is 0 Å². The molecule has 1 heterocycles. The van der Waals surface area contributed by atoms with Gasteiger partial charge in [0.2, 0.25) is 0 Å². The third kappa shape index (κ3) is 3.21. The first-order valence-corrected chi connectivity index (χ1v) is 7.02. The van der Waals surface area contributed by atoms with Gasteiger partial charge in [0.1, 0.15) is 6.10 Å². The molecule has 0 aromatic heterocycles. The minimum absolute atomic E-state index is 0.0399. The zero-order valence-corrected chi connectivity index (χ0v) is 11.1. The molecule has 1 N–H and O–H groups in total. The summed E-state index contributed by atoms with van der Waals surface area (Å²) in [6.07, 6.45) is 6.61. The van der Waals surface area contributed by atoms with Crippen LogP contribution in [0.25, 0.3) is 0 Å². The van der Waals surface area contributed by atoms with Crippen LogP contribution in [0.4, 0.5) is 0 Å². The van der Waals surface area contributed by atoms with E-state index in [4.69, 9.17) is 4.74 Å². The van der Waals surface area contributed by atoms with Crippen LogP contribution in [0.1, 0.15) is 52.4 Å². The van der Waals surface area contributed by atoms with Gasteiger partial charge in [-0.25, -0.2) is 0 Å². The fraction of sp³-hybridized carbons (Fsp3) is 0.929. The van der Waals surface area contributed by atoms with Crippen molar-refractivity contribution in [1.29, 1.82) is 0 Å². The molecule has 2 atom stereocenters. The van der Waals surface area contributed by atoms with Crippen LogP contribution in [0, 0.1) is 11.3 Å². The Labute approximate surface area is 104 Å². The molecule has 1 aliphatic carbocycles. The average molecular weight is 239 g/mol. The van der Waals surface area contributed by atoms with Crippen LogP contribution in [-0.2, 0) is 9.53 Å². The second-order valence-electron chi connectivity index (χ2n) is 6.11. The Bertz CT molecular complexity index is 271. The number of hydrogen-bond donors (Lipinski definition) is 1. The number of nitrogens with one attached hydrogen (secondary N) is 1. The highest BCUT2D eigenvalue weighted by Gasteiger charge is 2.37. The first kappa shape index (κ1) is 12.9. The minimum Gasteiger partial charge on any atom is -0.462 e. The Morgan fingerprint density at radius 1 is 1.29 bits per heavy atom. The largest absolute Gasteiger partial charge is 0.462 e. The second-order valence-corrected chi connectivity index (χ2v) is 6.11. The van der Waals surface area contributed by atoms with Gasteiger partial charge in [-0.05, 0) is 58.0 Å². The molecule has 0 aromatic carbocycles. The monoisotopic (exact) mass is 239 g/mol. The molecule has 0 aromatic rings. The summed E-state index contributed by atoms with van der Waals surface area (Å²) in [7, 11) is 0. The number of rotatable bonds is 2. The molecule has 2 unspecified atom stereocenters. The van der Waals surface area contributed by atoms with E-state index in [0.717, 1.165) is 38.8 Å². The summed E-state index contributed by atoms with van der Waals surface area (Å²) in [5.74, 6) is 0.750. The van der Waals surface area contributed by atoms with Gasteiger partial charge in [-0.2, -0.15) is 0 Å². The Kier molecular flexibility index (Phi) is 4.08. The van der Waals surface area contributed by atoms with Crippen molar-refractivity contribution in [2.24, 2.45) is 11.3 Å². The van der Waals surface area contributed by atoms with E-state index >= 15 is 0 Å². The SMILES string of the molecule is CC1CCCC(OC(=O)C2(C)CCNCC2)C1. The van der Waals surface area contributed by atoms with Gasteiger partial charge in [0.05, 0.1) is 5.41 Å². The third-order valence-electron chi connectivity index (χ3n) is 4.36. The van der Waals surface area contributed by atoms with Gasteiger partial charge >= 0.3 is 5.97 Å². The maximum Gasteiger partial charge on any atom is 0.312 e. The first-order valence-electron chi connectivity index (χ1n) is 7.02. The molecule has 3 heteroatoms. The zero-order chi connectivity index (χ0) is 12.3. The lowest BCUT2D eigenvalue weighted by Gasteiger charge is -2.34. The molecule has 17 heavy (non-hydrogen) atoms. The van der Waals surface area contributed by atoms with Crippen LogP contribution in [0.3, 0.4) is 0 Å². The molecule has 98 valence electrons. The van der Waals surface area contributed by atoms with Crippen LogP contribution < -0.4 is 5.32 Å². The summed E-state index contributed by atoms with van der Waals surface area (Å²) in [5.41, 5.74) is -0.244. The van der Waals surface area contributed by atoms with Crippen LogP contribution in [0.15, 0.2) is 0 Å². The fourth-order valence-electron chi connectivity index (χ4n) is 2.96. The van der Waals surface area contributed by atoms with Crippen molar-refractivity contribution in [3.8, 4) is 0 Å². The Balaban J connectivity index is 1.87. The molecular weight excluding hydrogens is 214 g/mol. The molecule has 3 nitrogen and oxygen atoms in total. The van der Waals surface area contributed by atoms with Crippen molar-refractivity contribution in [2.45, 2.75) is 58.5 Å². The van der Waals surface area contributed by atoms with E-state index in [1.807, 2.05) is 0 Å². The van der Waals surface area contributed by atoms with Crippen molar-refractivity contribution >= 4 is 5.97 Å². The quantitative estimate of drug-likeness (QED) is 0.752. The normalized spacial score (nSPS) is 33.1. The number of hydrogen-bond acceptors (Lipinski definition) is 3. The van der Waals surface area contributed by atoms with Crippen molar-refractivity contribution in [3.05, 3.63) is 0 Å². The van der Waals surface area contributed by atoms with E-state index in [0.29, 0.717) is 5.92 Å². The standard InChI is InChI=1S/C14H25NO2/c1-11-4-3-5-12(10-11)17-13(16)14(2)6-8-15-9-7-14/h11-12,15H,3-10H2,1-2H3. The zero-order valence-electron chi connectivity index (χ0n) is 11.1. The van der Waals surface area contributed by atoms with Crippen molar-refractivity contribution < 1.29 is 9.53 Å². The maximum absolute atomic E-state index is 12.2. The predicted octanol–water partition coefficient (Wildman–Crippen LogP) is 2.50. The van der Waals surface area contributed by atoms with E-state index in [2.05, 4.69) is 19.2 Å². The highest BCUT2D eigenvalue weighted by atomic mass is 16.5. The van der Waals surface area contributed by atoms with Gasteiger partial charge in [0.25, 0.3) is 0 Å². The lowest BCUT2D eigenvalue weighted by molar-refractivity contribution is -0.164. The number of ether oxygens (including phenoxy) is 1. The van der Waals surface area contributed by atoms with E-state index in [1.54, 1.807) is 0 Å². The Morgan fingerprint density at radius 3 is 2.65 bits per heavy atom. The molecule has 1 saturated heterocycles. The molecule has 2 aliphatic rings. The highest BCUT2D eigenvalue weighted by Crippen LogP contribution is 2.32. The summed E-state index contributed by atoms with van der Waals surface area (Å²) < 4.78 is 5.74. The summed E-state index contributed by atoms with van der Waals surface area (Å²) in [5, 5.41) is 3.30. The van der Waals surface area contributed by atoms with Gasteiger partial charge in [0, 0.05) is 0 Å². The summed E-state index contributed by atoms with van der Waals surface area (Å²) in [4.78, 5) is 12.2. The van der Waals surface area contributed by atoms with Crippen LogP contribution >= 0.6 is 0 Å². The molecule has 1 aliphatic heterocycles. The number of esters is 1. The van der Waals surface area contributed by atoms with Crippen molar-refractivity contribution in [1.82, 2.24) is 5.32 Å². The maximum atomic E-state index is 12.2. The lowest BCUT2D eigenvalue weighted by Crippen LogP contribution is -2.42. The third-order valence-corrected chi connectivity index (χ3v) is 4.36. The molecular formula is C14H25NO2. The van der Waals surface area contributed by atoms with Gasteiger partial charge in [-0.1, -0.05) is 13.3 Å². The lowest BCUT2D eigenvalue weighted by atomic mass is 9.81. The molecule has 0 spiro atoms. The topological polar surface area (TPSA) is 38.3 Å². The molecule has 0 bridgehead atoms. The van der Waals surface area contributed by atoms with Crippen LogP contribution in [0.5, 0.6) is 0 Å². The molecule has 0 amide bonds. The molecule has 1 saturated carbocycles. The summed E-state index contributed by atoms with van der Waals surface area (Å²) in [6, 6.07) is 0. The summed E-state index contributed by atoms with van der Waals surface area (Å²) >= 11 is 0. The summed E-state index contributed by atoms with van der Waals surface area (Å²) in [6.45, 7) is 6.19. The van der Waals surface area contributed by atoms with E-state index in [-0.39, 0.29) is 17.5 Å².